The number of morpholine rings is 1. The summed E-state index contributed by atoms with van der Waals surface area (Å²) in [6.07, 6.45) is 5.59. The average Bonchev–Trinajstić information content (AvgIpc) is 3.43. The summed E-state index contributed by atoms with van der Waals surface area (Å²) in [5.41, 5.74) is 2.97. The summed E-state index contributed by atoms with van der Waals surface area (Å²) in [7, 11) is 1.62. The first-order valence-corrected chi connectivity index (χ1v) is 9.61. The number of pyridine rings is 2. The molecule has 8 nitrogen and oxygen atoms in total. The molecule has 1 aliphatic rings. The molecule has 1 aliphatic heterocycles. The van der Waals surface area contributed by atoms with Crippen LogP contribution in [0, 0.1) is 0 Å². The summed E-state index contributed by atoms with van der Waals surface area (Å²) in [5.74, 6) is 2.40. The van der Waals surface area contributed by atoms with Gasteiger partial charge >= 0.3 is 0 Å². The van der Waals surface area contributed by atoms with Crippen LogP contribution in [0.5, 0.6) is 5.88 Å². The van der Waals surface area contributed by atoms with Gasteiger partial charge in [-0.3, -0.25) is 9.67 Å². The maximum absolute atomic E-state index is 5.62. The second-order valence-corrected chi connectivity index (χ2v) is 7.10. The summed E-state index contributed by atoms with van der Waals surface area (Å²) in [4.78, 5) is 11.7. The number of aromatic amines is 1. The number of anilines is 1. The minimum absolute atomic E-state index is 0.256. The topological polar surface area (TPSA) is 81.1 Å². The molecular formula is C21H22N6O2. The average molecular weight is 390 g/mol. The Balaban J connectivity index is 1.71. The molecule has 0 saturated carbocycles. The van der Waals surface area contributed by atoms with Crippen LogP contribution in [0.4, 0.5) is 5.82 Å². The maximum atomic E-state index is 5.62. The standard InChI is InChI=1S/C21H22N6O2/c1-14-13-29-10-9-26(14)19-11-17(15-3-4-20(28-2)22-12-15)16-6-8-27(21(16)24-19)18-5-7-23-25-18/h3-8,11-12,14H,9-10,13H2,1-2H3,(H,23,25)/t14-/m1/s1. The van der Waals surface area contributed by atoms with Gasteiger partial charge in [0.2, 0.25) is 5.88 Å². The summed E-state index contributed by atoms with van der Waals surface area (Å²) < 4.78 is 12.9. The lowest BCUT2D eigenvalue weighted by Crippen LogP contribution is -2.44. The fraction of sp³-hybridized carbons (Fsp3) is 0.286. The number of hydrogen-bond donors (Lipinski definition) is 1. The molecule has 1 atom stereocenters. The van der Waals surface area contributed by atoms with Gasteiger partial charge in [0, 0.05) is 42.0 Å². The first-order valence-electron chi connectivity index (χ1n) is 9.61. The molecule has 4 aromatic rings. The molecule has 5 heterocycles. The second kappa shape index (κ2) is 7.21. The van der Waals surface area contributed by atoms with Gasteiger partial charge in [0.1, 0.15) is 17.3 Å². The lowest BCUT2D eigenvalue weighted by molar-refractivity contribution is 0.0986. The van der Waals surface area contributed by atoms with Crippen LogP contribution in [-0.2, 0) is 4.74 Å². The first kappa shape index (κ1) is 17.7. The van der Waals surface area contributed by atoms with Gasteiger partial charge in [-0.2, -0.15) is 5.10 Å². The smallest absolute Gasteiger partial charge is 0.212 e. The Morgan fingerprint density at radius 2 is 2.17 bits per heavy atom. The minimum atomic E-state index is 0.256. The highest BCUT2D eigenvalue weighted by Gasteiger charge is 2.23. The number of nitrogens with one attached hydrogen (secondary N) is 1. The minimum Gasteiger partial charge on any atom is -0.481 e. The van der Waals surface area contributed by atoms with E-state index >= 15 is 0 Å². The number of nitrogens with zero attached hydrogens (tertiary/aromatic N) is 5. The largest absolute Gasteiger partial charge is 0.481 e. The second-order valence-electron chi connectivity index (χ2n) is 7.10. The van der Waals surface area contributed by atoms with Crippen molar-refractivity contribution in [2.75, 3.05) is 31.8 Å². The Kier molecular flexibility index (Phi) is 4.40. The highest BCUT2D eigenvalue weighted by molar-refractivity contribution is 5.95. The Morgan fingerprint density at radius 3 is 2.90 bits per heavy atom. The van der Waals surface area contributed by atoms with Crippen molar-refractivity contribution in [2.24, 2.45) is 0 Å². The van der Waals surface area contributed by atoms with Crippen molar-refractivity contribution in [2.45, 2.75) is 13.0 Å². The van der Waals surface area contributed by atoms with E-state index in [0.717, 1.165) is 40.3 Å². The Hall–Kier alpha value is -3.39. The molecule has 4 aromatic heterocycles. The van der Waals surface area contributed by atoms with Crippen molar-refractivity contribution in [3.8, 4) is 22.8 Å². The molecule has 0 bridgehead atoms. The molecule has 5 rings (SSSR count). The fourth-order valence-corrected chi connectivity index (χ4v) is 3.79. The lowest BCUT2D eigenvalue weighted by Gasteiger charge is -2.34. The van der Waals surface area contributed by atoms with E-state index in [2.05, 4.69) is 39.1 Å². The monoisotopic (exact) mass is 390 g/mol. The zero-order valence-electron chi connectivity index (χ0n) is 16.4. The van der Waals surface area contributed by atoms with Gasteiger partial charge in [-0.25, -0.2) is 9.97 Å². The first-order chi connectivity index (χ1) is 14.2. The van der Waals surface area contributed by atoms with E-state index in [1.165, 1.54) is 0 Å². The molecule has 0 aliphatic carbocycles. The van der Waals surface area contributed by atoms with Crippen molar-refractivity contribution >= 4 is 16.9 Å². The van der Waals surface area contributed by atoms with E-state index in [0.29, 0.717) is 19.1 Å². The molecule has 0 aromatic carbocycles. The number of aromatic nitrogens is 5. The third-order valence-corrected chi connectivity index (χ3v) is 5.31. The van der Waals surface area contributed by atoms with Gasteiger partial charge in [-0.15, -0.1) is 0 Å². The number of H-pyrrole nitrogens is 1. The van der Waals surface area contributed by atoms with E-state index in [1.807, 2.05) is 35.2 Å². The molecule has 0 amide bonds. The number of hydrogen-bond acceptors (Lipinski definition) is 6. The van der Waals surface area contributed by atoms with Gasteiger partial charge in [0.15, 0.2) is 0 Å². The molecular weight excluding hydrogens is 368 g/mol. The van der Waals surface area contributed by atoms with Gasteiger partial charge in [0.25, 0.3) is 0 Å². The summed E-state index contributed by atoms with van der Waals surface area (Å²) in [6.45, 7) is 4.37. The zero-order chi connectivity index (χ0) is 19.8. The third-order valence-electron chi connectivity index (χ3n) is 5.31. The molecule has 0 radical (unpaired) electrons. The van der Waals surface area contributed by atoms with Gasteiger partial charge < -0.3 is 14.4 Å². The molecule has 148 valence electrons. The quantitative estimate of drug-likeness (QED) is 0.577. The van der Waals surface area contributed by atoms with Gasteiger partial charge in [-0.05, 0) is 30.7 Å². The highest BCUT2D eigenvalue weighted by Crippen LogP contribution is 2.34. The Morgan fingerprint density at radius 1 is 1.24 bits per heavy atom. The Bertz CT molecular complexity index is 1120. The number of methoxy groups -OCH3 is 1. The number of ether oxygens (including phenoxy) is 2. The van der Waals surface area contributed by atoms with Crippen LogP contribution in [0.1, 0.15) is 6.92 Å². The molecule has 1 fully saturated rings. The molecule has 0 unspecified atom stereocenters. The van der Waals surface area contributed by atoms with Crippen LogP contribution >= 0.6 is 0 Å². The zero-order valence-corrected chi connectivity index (χ0v) is 16.4. The van der Waals surface area contributed by atoms with Crippen LogP contribution in [0.2, 0.25) is 0 Å². The highest BCUT2D eigenvalue weighted by atomic mass is 16.5. The lowest BCUT2D eigenvalue weighted by atomic mass is 10.0. The van der Waals surface area contributed by atoms with E-state index in [-0.39, 0.29) is 6.04 Å². The summed E-state index contributed by atoms with van der Waals surface area (Å²) in [5, 5.41) is 8.16. The van der Waals surface area contributed by atoms with Crippen LogP contribution < -0.4 is 9.64 Å². The normalized spacial score (nSPS) is 17.0. The van der Waals surface area contributed by atoms with E-state index in [4.69, 9.17) is 14.5 Å². The van der Waals surface area contributed by atoms with Crippen molar-refractivity contribution in [3.63, 3.8) is 0 Å². The van der Waals surface area contributed by atoms with E-state index in [1.54, 1.807) is 13.3 Å². The Labute approximate surface area is 168 Å². The van der Waals surface area contributed by atoms with Crippen LogP contribution in [0.3, 0.4) is 0 Å². The summed E-state index contributed by atoms with van der Waals surface area (Å²) in [6, 6.07) is 10.3. The fourth-order valence-electron chi connectivity index (χ4n) is 3.79. The maximum Gasteiger partial charge on any atom is 0.212 e. The van der Waals surface area contributed by atoms with Crippen LogP contribution in [0.25, 0.3) is 28.0 Å². The predicted molar refractivity (Wildman–Crippen MR) is 111 cm³/mol. The number of rotatable bonds is 4. The van der Waals surface area contributed by atoms with E-state index in [9.17, 15) is 0 Å². The van der Waals surface area contributed by atoms with Gasteiger partial charge in [-0.1, -0.05) is 0 Å². The van der Waals surface area contributed by atoms with Gasteiger partial charge in [0.05, 0.1) is 32.6 Å². The SMILES string of the molecule is COc1ccc(-c2cc(N3CCOC[C@H]3C)nc3c2ccn3-c2ccn[nH]2)cn1. The van der Waals surface area contributed by atoms with Crippen molar-refractivity contribution in [1.29, 1.82) is 0 Å². The van der Waals surface area contributed by atoms with Crippen LogP contribution in [-0.4, -0.2) is 57.6 Å². The molecule has 1 N–H and O–H groups in total. The van der Waals surface area contributed by atoms with E-state index < -0.39 is 0 Å². The number of fused-ring (bicyclic) bond motifs is 1. The molecule has 0 spiro atoms. The molecule has 29 heavy (non-hydrogen) atoms. The predicted octanol–water partition coefficient (Wildman–Crippen LogP) is 3.04. The molecule has 1 saturated heterocycles. The molecule has 8 heteroatoms. The van der Waals surface area contributed by atoms with Crippen molar-refractivity contribution < 1.29 is 9.47 Å². The van der Waals surface area contributed by atoms with Crippen molar-refractivity contribution in [3.05, 3.63) is 48.9 Å². The summed E-state index contributed by atoms with van der Waals surface area (Å²) >= 11 is 0. The third kappa shape index (κ3) is 3.11. The van der Waals surface area contributed by atoms with Crippen LogP contribution in [0.15, 0.2) is 48.9 Å². The van der Waals surface area contributed by atoms with Crippen molar-refractivity contribution in [1.82, 2.24) is 24.7 Å².